The Labute approximate surface area is 145 Å². The van der Waals surface area contributed by atoms with Crippen LogP contribution in [0.1, 0.15) is 58.3 Å². The lowest BCUT2D eigenvalue weighted by Crippen LogP contribution is -2.40. The van der Waals surface area contributed by atoms with Gasteiger partial charge in [-0.2, -0.15) is 5.10 Å². The van der Waals surface area contributed by atoms with Gasteiger partial charge >= 0.3 is 6.03 Å². The van der Waals surface area contributed by atoms with Gasteiger partial charge in [0, 0.05) is 37.4 Å². The summed E-state index contributed by atoms with van der Waals surface area (Å²) in [6.45, 7) is 15.4. The van der Waals surface area contributed by atoms with Gasteiger partial charge < -0.3 is 15.0 Å². The number of rotatable bonds is 5. The zero-order valence-electron chi connectivity index (χ0n) is 15.9. The number of hydrogen-bond acceptors (Lipinski definition) is 3. The minimum atomic E-state index is -0.0613. The van der Waals surface area contributed by atoms with E-state index in [0.29, 0.717) is 5.92 Å². The van der Waals surface area contributed by atoms with Crippen molar-refractivity contribution in [2.45, 2.75) is 59.5 Å². The second-order valence-corrected chi connectivity index (χ2v) is 7.72. The molecule has 1 fully saturated rings. The average molecular weight is 336 g/mol. The molecule has 0 radical (unpaired) electrons. The van der Waals surface area contributed by atoms with Crippen LogP contribution in [0.4, 0.5) is 4.79 Å². The summed E-state index contributed by atoms with van der Waals surface area (Å²) < 4.78 is 7.44. The van der Waals surface area contributed by atoms with Crippen LogP contribution in [0.5, 0.6) is 0 Å². The van der Waals surface area contributed by atoms with Crippen LogP contribution in [-0.2, 0) is 10.3 Å². The summed E-state index contributed by atoms with van der Waals surface area (Å²) in [7, 11) is 0. The Hall–Kier alpha value is -1.56. The summed E-state index contributed by atoms with van der Waals surface area (Å²) in [5, 5.41) is 7.70. The third kappa shape index (κ3) is 4.50. The third-order valence-corrected chi connectivity index (χ3v) is 4.56. The number of nitrogens with one attached hydrogen (secondary N) is 1. The molecule has 6 heteroatoms. The van der Waals surface area contributed by atoms with Crippen LogP contribution in [0.15, 0.2) is 6.20 Å². The van der Waals surface area contributed by atoms with Crippen LogP contribution in [0, 0.1) is 12.8 Å². The van der Waals surface area contributed by atoms with Crippen LogP contribution < -0.4 is 5.32 Å². The molecule has 6 nitrogen and oxygen atoms in total. The Morgan fingerprint density at radius 1 is 1.50 bits per heavy atom. The molecule has 0 unspecified atom stereocenters. The smallest absolute Gasteiger partial charge is 0.317 e. The molecule has 1 aromatic rings. The molecule has 0 bridgehead atoms. The van der Waals surface area contributed by atoms with Crippen LogP contribution in [-0.4, -0.2) is 47.0 Å². The largest absolute Gasteiger partial charge is 0.381 e. The highest BCUT2D eigenvalue weighted by Gasteiger charge is 2.28. The number of aromatic nitrogens is 2. The molecule has 1 aromatic heterocycles. The Balaban J connectivity index is 1.94. The fourth-order valence-electron chi connectivity index (χ4n) is 3.03. The molecular formula is C18H32N4O2. The highest BCUT2D eigenvalue weighted by molar-refractivity contribution is 5.75. The molecule has 0 spiro atoms. The molecule has 2 heterocycles. The molecule has 1 N–H and O–H groups in total. The van der Waals surface area contributed by atoms with E-state index in [1.165, 1.54) is 0 Å². The zero-order valence-corrected chi connectivity index (χ0v) is 15.9. The Bertz CT molecular complexity index is 562. The van der Waals surface area contributed by atoms with Crippen molar-refractivity contribution in [3.8, 4) is 0 Å². The Kier molecular flexibility index (Phi) is 5.91. The normalized spacial score (nSPS) is 19.6. The van der Waals surface area contributed by atoms with Crippen molar-refractivity contribution in [3.05, 3.63) is 17.5 Å². The maximum Gasteiger partial charge on any atom is 0.317 e. The predicted molar refractivity (Wildman–Crippen MR) is 95.1 cm³/mol. The monoisotopic (exact) mass is 336 g/mol. The summed E-state index contributed by atoms with van der Waals surface area (Å²) in [6.07, 6.45) is 3.06. The van der Waals surface area contributed by atoms with Gasteiger partial charge in [0.25, 0.3) is 0 Å². The van der Waals surface area contributed by atoms with E-state index < -0.39 is 0 Å². The van der Waals surface area contributed by atoms with E-state index in [-0.39, 0.29) is 17.6 Å². The first kappa shape index (κ1) is 18.8. The minimum absolute atomic E-state index is 0.00408. The van der Waals surface area contributed by atoms with Crippen LogP contribution >= 0.6 is 0 Å². The molecule has 0 aliphatic carbocycles. The second-order valence-electron chi connectivity index (χ2n) is 7.72. The summed E-state index contributed by atoms with van der Waals surface area (Å²) in [4.78, 5) is 14.4. The van der Waals surface area contributed by atoms with E-state index in [2.05, 4.69) is 31.2 Å². The topological polar surface area (TPSA) is 59.4 Å². The molecule has 1 aliphatic heterocycles. The summed E-state index contributed by atoms with van der Waals surface area (Å²) in [6, 6.07) is -0.0519. The lowest BCUT2D eigenvalue weighted by Gasteiger charge is -2.21. The first-order valence-corrected chi connectivity index (χ1v) is 8.92. The number of urea groups is 1. The molecular weight excluding hydrogens is 304 g/mol. The van der Waals surface area contributed by atoms with E-state index in [9.17, 15) is 4.79 Å². The number of carbonyl (C=O) groups excluding carboxylic acids is 1. The predicted octanol–water partition coefficient (Wildman–Crippen LogP) is 3.08. The molecule has 2 rings (SSSR count). The van der Waals surface area contributed by atoms with Gasteiger partial charge in [0.2, 0.25) is 0 Å². The van der Waals surface area contributed by atoms with E-state index in [0.717, 1.165) is 44.0 Å². The lowest BCUT2D eigenvalue weighted by atomic mass is 10.1. The standard InChI is InChI=1S/C18H32N4O2/c1-7-24-12-15-8-9-21(10-15)17(23)19-13(2)16-11-22(18(4,5)6)20-14(16)3/h11,13,15H,7-10,12H2,1-6H3,(H,19,23)/t13-,15-/m1/s1. The van der Waals surface area contributed by atoms with Gasteiger partial charge in [-0.15, -0.1) is 0 Å². The summed E-state index contributed by atoms with van der Waals surface area (Å²) in [5.41, 5.74) is 1.98. The molecule has 24 heavy (non-hydrogen) atoms. The number of likely N-dealkylation sites (tertiary alicyclic amines) is 1. The third-order valence-electron chi connectivity index (χ3n) is 4.56. The SMILES string of the molecule is CCOC[C@@H]1CCN(C(=O)N[C@H](C)c2cn(C(C)(C)C)nc2C)C1. The van der Waals surface area contributed by atoms with Gasteiger partial charge in [-0.05, 0) is 48.0 Å². The summed E-state index contributed by atoms with van der Waals surface area (Å²) >= 11 is 0. The van der Waals surface area contributed by atoms with Gasteiger partial charge in [0.05, 0.1) is 23.9 Å². The first-order chi connectivity index (χ1) is 11.2. The van der Waals surface area contributed by atoms with Crippen LogP contribution in [0.25, 0.3) is 0 Å². The van der Waals surface area contributed by atoms with E-state index >= 15 is 0 Å². The number of amides is 2. The van der Waals surface area contributed by atoms with E-state index in [4.69, 9.17) is 4.74 Å². The average Bonchev–Trinajstić information content (AvgIpc) is 3.11. The number of aryl methyl sites for hydroxylation is 1. The number of nitrogens with zero attached hydrogens (tertiary/aromatic N) is 3. The highest BCUT2D eigenvalue weighted by Crippen LogP contribution is 2.22. The van der Waals surface area contributed by atoms with Gasteiger partial charge in [0.1, 0.15) is 0 Å². The highest BCUT2D eigenvalue weighted by atomic mass is 16.5. The van der Waals surface area contributed by atoms with Gasteiger partial charge in [-0.3, -0.25) is 4.68 Å². The minimum Gasteiger partial charge on any atom is -0.381 e. The fraction of sp³-hybridized carbons (Fsp3) is 0.778. The van der Waals surface area contributed by atoms with Gasteiger partial charge in [-0.25, -0.2) is 4.79 Å². The maximum atomic E-state index is 12.5. The van der Waals surface area contributed by atoms with E-state index in [1.807, 2.05) is 36.5 Å². The molecule has 1 saturated heterocycles. The molecule has 0 aromatic carbocycles. The summed E-state index contributed by atoms with van der Waals surface area (Å²) in [5.74, 6) is 0.455. The van der Waals surface area contributed by atoms with Crippen molar-refractivity contribution in [1.82, 2.24) is 20.0 Å². The van der Waals surface area contributed by atoms with Crippen molar-refractivity contribution in [2.75, 3.05) is 26.3 Å². The number of hydrogen-bond donors (Lipinski definition) is 1. The second kappa shape index (κ2) is 7.55. The number of carbonyl (C=O) groups is 1. The molecule has 136 valence electrons. The Morgan fingerprint density at radius 3 is 2.79 bits per heavy atom. The van der Waals surface area contributed by atoms with Gasteiger partial charge in [-0.1, -0.05) is 0 Å². The molecule has 2 amide bonds. The lowest BCUT2D eigenvalue weighted by molar-refractivity contribution is 0.113. The van der Waals surface area contributed by atoms with E-state index in [1.54, 1.807) is 0 Å². The Morgan fingerprint density at radius 2 is 2.21 bits per heavy atom. The molecule has 1 aliphatic rings. The zero-order chi connectivity index (χ0) is 17.9. The van der Waals surface area contributed by atoms with Crippen LogP contribution in [0.3, 0.4) is 0 Å². The first-order valence-electron chi connectivity index (χ1n) is 8.92. The quantitative estimate of drug-likeness (QED) is 0.899. The van der Waals surface area contributed by atoms with Crippen molar-refractivity contribution >= 4 is 6.03 Å². The van der Waals surface area contributed by atoms with Gasteiger partial charge in [0.15, 0.2) is 0 Å². The number of ether oxygens (including phenoxy) is 1. The fourth-order valence-corrected chi connectivity index (χ4v) is 3.03. The van der Waals surface area contributed by atoms with Crippen LogP contribution in [0.2, 0.25) is 0 Å². The molecule has 2 atom stereocenters. The van der Waals surface area contributed by atoms with Crippen molar-refractivity contribution in [2.24, 2.45) is 5.92 Å². The van der Waals surface area contributed by atoms with Crippen molar-refractivity contribution < 1.29 is 9.53 Å². The van der Waals surface area contributed by atoms with Crippen molar-refractivity contribution in [3.63, 3.8) is 0 Å². The maximum absolute atomic E-state index is 12.5. The molecule has 0 saturated carbocycles. The van der Waals surface area contributed by atoms with Crippen molar-refractivity contribution in [1.29, 1.82) is 0 Å².